The van der Waals surface area contributed by atoms with Gasteiger partial charge >= 0.3 is 0 Å². The monoisotopic (exact) mass is 255 g/mol. The summed E-state index contributed by atoms with van der Waals surface area (Å²) in [5.74, 6) is 2.41. The van der Waals surface area contributed by atoms with Gasteiger partial charge in [-0.15, -0.1) is 0 Å². The number of benzene rings is 1. The molecule has 1 aliphatic rings. The first-order valence-corrected chi connectivity index (χ1v) is 7.27. The molecule has 1 aromatic heterocycles. The first kappa shape index (κ1) is 12.4. The van der Waals surface area contributed by atoms with Crippen molar-refractivity contribution in [3.05, 3.63) is 30.5 Å². The number of anilines is 1. The maximum Gasteiger partial charge on any atom is 0.223 e. The number of hydrogen-bond acceptors (Lipinski definition) is 3. The van der Waals surface area contributed by atoms with Crippen molar-refractivity contribution in [3.63, 3.8) is 0 Å². The quantitative estimate of drug-likeness (QED) is 0.904. The molecule has 0 saturated heterocycles. The minimum Gasteiger partial charge on any atom is -0.354 e. The smallest absolute Gasteiger partial charge is 0.223 e. The van der Waals surface area contributed by atoms with Crippen molar-refractivity contribution in [1.82, 2.24) is 9.97 Å². The number of nitrogens with one attached hydrogen (secondary N) is 1. The van der Waals surface area contributed by atoms with Crippen LogP contribution in [0.5, 0.6) is 0 Å². The van der Waals surface area contributed by atoms with Gasteiger partial charge < -0.3 is 5.32 Å². The minimum atomic E-state index is 0.761. The van der Waals surface area contributed by atoms with Crippen LogP contribution >= 0.6 is 0 Å². The van der Waals surface area contributed by atoms with Crippen molar-refractivity contribution in [1.29, 1.82) is 0 Å². The van der Waals surface area contributed by atoms with E-state index in [-0.39, 0.29) is 0 Å². The van der Waals surface area contributed by atoms with Crippen LogP contribution in [0, 0.1) is 11.8 Å². The van der Waals surface area contributed by atoms with Crippen molar-refractivity contribution < 1.29 is 0 Å². The molecule has 0 aliphatic heterocycles. The SMILES string of the molecule is CC1CCCC(CNc2ncc3ccccc3n2)C1. The zero-order valence-corrected chi connectivity index (χ0v) is 11.5. The summed E-state index contributed by atoms with van der Waals surface area (Å²) < 4.78 is 0. The van der Waals surface area contributed by atoms with E-state index in [9.17, 15) is 0 Å². The summed E-state index contributed by atoms with van der Waals surface area (Å²) in [6.45, 7) is 3.36. The molecule has 0 radical (unpaired) electrons. The van der Waals surface area contributed by atoms with Gasteiger partial charge in [-0.05, 0) is 30.7 Å². The van der Waals surface area contributed by atoms with E-state index < -0.39 is 0 Å². The van der Waals surface area contributed by atoms with Gasteiger partial charge in [-0.2, -0.15) is 0 Å². The number of para-hydroxylation sites is 1. The third-order valence-corrected chi connectivity index (χ3v) is 4.08. The molecule has 0 amide bonds. The van der Waals surface area contributed by atoms with Crippen LogP contribution in [0.3, 0.4) is 0 Å². The summed E-state index contributed by atoms with van der Waals surface area (Å²) in [5, 5.41) is 4.50. The second-order valence-electron chi connectivity index (χ2n) is 5.77. The Kier molecular flexibility index (Phi) is 3.62. The Labute approximate surface area is 114 Å². The molecule has 1 N–H and O–H groups in total. The Morgan fingerprint density at radius 1 is 1.26 bits per heavy atom. The molecule has 3 heteroatoms. The van der Waals surface area contributed by atoms with Crippen LogP contribution in [-0.2, 0) is 0 Å². The minimum absolute atomic E-state index is 0.761. The Hall–Kier alpha value is -1.64. The lowest BCUT2D eigenvalue weighted by Crippen LogP contribution is -2.21. The summed E-state index contributed by atoms with van der Waals surface area (Å²) in [7, 11) is 0. The third-order valence-electron chi connectivity index (χ3n) is 4.08. The van der Waals surface area contributed by atoms with Gasteiger partial charge in [0.15, 0.2) is 0 Å². The highest BCUT2D eigenvalue weighted by molar-refractivity contribution is 5.78. The molecule has 100 valence electrons. The van der Waals surface area contributed by atoms with Gasteiger partial charge in [0.2, 0.25) is 5.95 Å². The molecule has 3 rings (SSSR count). The fourth-order valence-corrected chi connectivity index (χ4v) is 3.04. The molecular weight excluding hydrogens is 234 g/mol. The largest absolute Gasteiger partial charge is 0.354 e. The molecule has 0 spiro atoms. The van der Waals surface area contributed by atoms with Crippen LogP contribution < -0.4 is 5.32 Å². The fraction of sp³-hybridized carbons (Fsp3) is 0.500. The average Bonchev–Trinajstić information content (AvgIpc) is 2.45. The van der Waals surface area contributed by atoms with Crippen molar-refractivity contribution in [2.45, 2.75) is 32.6 Å². The van der Waals surface area contributed by atoms with E-state index >= 15 is 0 Å². The average molecular weight is 255 g/mol. The highest BCUT2D eigenvalue weighted by atomic mass is 15.1. The van der Waals surface area contributed by atoms with E-state index in [2.05, 4.69) is 22.2 Å². The highest BCUT2D eigenvalue weighted by Crippen LogP contribution is 2.28. The lowest BCUT2D eigenvalue weighted by molar-refractivity contribution is 0.293. The third kappa shape index (κ3) is 3.03. The van der Waals surface area contributed by atoms with Gasteiger partial charge in [-0.3, -0.25) is 0 Å². The summed E-state index contributed by atoms with van der Waals surface area (Å²) in [4.78, 5) is 8.94. The zero-order valence-electron chi connectivity index (χ0n) is 11.5. The Morgan fingerprint density at radius 3 is 3.05 bits per heavy atom. The van der Waals surface area contributed by atoms with Crippen molar-refractivity contribution >= 4 is 16.9 Å². The van der Waals surface area contributed by atoms with Crippen molar-refractivity contribution in [2.24, 2.45) is 11.8 Å². The predicted molar refractivity (Wildman–Crippen MR) is 79.1 cm³/mol. The van der Waals surface area contributed by atoms with Crippen LogP contribution in [0.25, 0.3) is 10.9 Å². The van der Waals surface area contributed by atoms with Gasteiger partial charge in [0.05, 0.1) is 5.52 Å². The fourth-order valence-electron chi connectivity index (χ4n) is 3.04. The van der Waals surface area contributed by atoms with E-state index in [1.54, 1.807) is 0 Å². The van der Waals surface area contributed by atoms with E-state index in [1.165, 1.54) is 25.7 Å². The van der Waals surface area contributed by atoms with Gasteiger partial charge in [0, 0.05) is 18.1 Å². The lowest BCUT2D eigenvalue weighted by atomic mass is 9.82. The molecule has 0 bridgehead atoms. The van der Waals surface area contributed by atoms with Crippen LogP contribution in [0.1, 0.15) is 32.6 Å². The summed E-state index contributed by atoms with van der Waals surface area (Å²) in [6.07, 6.45) is 7.33. The Bertz CT molecular complexity index is 552. The zero-order chi connectivity index (χ0) is 13.1. The van der Waals surface area contributed by atoms with Gasteiger partial charge in [0.1, 0.15) is 0 Å². The number of aromatic nitrogens is 2. The van der Waals surface area contributed by atoms with Gasteiger partial charge in [-0.1, -0.05) is 38.0 Å². The molecule has 1 aromatic carbocycles. The number of hydrogen-bond donors (Lipinski definition) is 1. The van der Waals surface area contributed by atoms with Crippen molar-refractivity contribution in [3.8, 4) is 0 Å². The number of nitrogens with zero attached hydrogens (tertiary/aromatic N) is 2. The van der Waals surface area contributed by atoms with Crippen LogP contribution in [0.2, 0.25) is 0 Å². The molecule has 19 heavy (non-hydrogen) atoms. The van der Waals surface area contributed by atoms with Crippen LogP contribution in [-0.4, -0.2) is 16.5 Å². The van der Waals surface area contributed by atoms with E-state index in [0.717, 1.165) is 35.2 Å². The maximum atomic E-state index is 4.56. The predicted octanol–water partition coefficient (Wildman–Crippen LogP) is 3.87. The molecule has 1 saturated carbocycles. The molecule has 2 unspecified atom stereocenters. The summed E-state index contributed by atoms with van der Waals surface area (Å²) in [5.41, 5.74) is 1.01. The molecule has 1 aliphatic carbocycles. The molecular formula is C16H21N3. The molecule has 1 fully saturated rings. The topological polar surface area (TPSA) is 37.8 Å². The highest BCUT2D eigenvalue weighted by Gasteiger charge is 2.18. The number of rotatable bonds is 3. The Morgan fingerprint density at radius 2 is 2.16 bits per heavy atom. The first-order valence-electron chi connectivity index (χ1n) is 7.27. The van der Waals surface area contributed by atoms with Gasteiger partial charge in [0.25, 0.3) is 0 Å². The second-order valence-corrected chi connectivity index (χ2v) is 5.77. The van der Waals surface area contributed by atoms with E-state index in [4.69, 9.17) is 0 Å². The first-order chi connectivity index (χ1) is 9.31. The molecule has 3 nitrogen and oxygen atoms in total. The standard InChI is InChI=1S/C16H21N3/c1-12-5-4-6-13(9-12)10-17-16-18-11-14-7-2-3-8-15(14)19-16/h2-3,7-8,11-13H,4-6,9-10H2,1H3,(H,17,18,19). The van der Waals surface area contributed by atoms with Crippen LogP contribution in [0.15, 0.2) is 30.5 Å². The van der Waals surface area contributed by atoms with Gasteiger partial charge in [-0.25, -0.2) is 9.97 Å². The summed E-state index contributed by atoms with van der Waals surface area (Å²) >= 11 is 0. The molecule has 2 atom stereocenters. The second kappa shape index (κ2) is 5.55. The molecule has 2 aromatic rings. The maximum absolute atomic E-state index is 4.56. The van der Waals surface area contributed by atoms with Crippen molar-refractivity contribution in [2.75, 3.05) is 11.9 Å². The normalized spacial score (nSPS) is 23.4. The van der Waals surface area contributed by atoms with E-state index in [0.29, 0.717) is 0 Å². The van der Waals surface area contributed by atoms with E-state index in [1.807, 2.05) is 30.5 Å². The van der Waals surface area contributed by atoms with Crippen LogP contribution in [0.4, 0.5) is 5.95 Å². The molecule has 1 heterocycles. The Balaban J connectivity index is 1.64. The lowest BCUT2D eigenvalue weighted by Gasteiger charge is -2.26. The number of fused-ring (bicyclic) bond motifs is 1. The summed E-state index contributed by atoms with van der Waals surface area (Å²) in [6, 6.07) is 8.11.